The van der Waals surface area contributed by atoms with Crippen LogP contribution in [-0.4, -0.2) is 70.2 Å². The normalized spacial score (nSPS) is 25.5. The van der Waals surface area contributed by atoms with Crippen molar-refractivity contribution in [1.82, 2.24) is 15.2 Å². The molecule has 0 spiro atoms. The highest BCUT2D eigenvalue weighted by Crippen LogP contribution is 2.45. The number of hydrogen-bond acceptors (Lipinski definition) is 8. The number of sulfone groups is 1. The number of carbonyl (C=O) groups is 3. The fraction of sp³-hybridized carbons (Fsp3) is 0.625. The van der Waals surface area contributed by atoms with Crippen LogP contribution in [0.3, 0.4) is 0 Å². The average molecular weight is 447 g/mol. The zero-order valence-electron chi connectivity index (χ0n) is 15.7. The molecule has 3 heterocycles. The summed E-state index contributed by atoms with van der Waals surface area (Å²) in [5, 5.41) is 6.48. The molecule has 2 fully saturated rings. The maximum absolute atomic E-state index is 13.0. The summed E-state index contributed by atoms with van der Waals surface area (Å²) in [5.41, 5.74) is 0. The van der Waals surface area contributed by atoms with E-state index >= 15 is 0 Å². The van der Waals surface area contributed by atoms with Gasteiger partial charge in [-0.05, 0) is 32.3 Å². The van der Waals surface area contributed by atoms with Gasteiger partial charge in [-0.2, -0.15) is 11.8 Å². The molecule has 0 aromatic carbocycles. The van der Waals surface area contributed by atoms with E-state index in [9.17, 15) is 22.8 Å². The van der Waals surface area contributed by atoms with Crippen LogP contribution in [0, 0.1) is 0 Å². The van der Waals surface area contributed by atoms with Gasteiger partial charge in [-0.25, -0.2) is 13.4 Å². The van der Waals surface area contributed by atoms with E-state index in [1.165, 1.54) is 36.9 Å². The molecule has 2 N–H and O–H groups in total. The number of amides is 3. The lowest BCUT2D eigenvalue weighted by molar-refractivity contribution is -0.150. The van der Waals surface area contributed by atoms with E-state index in [1.807, 2.05) is 6.26 Å². The van der Waals surface area contributed by atoms with Gasteiger partial charge in [-0.15, -0.1) is 11.3 Å². The molecular formula is C16H22N4O5S3. The van der Waals surface area contributed by atoms with E-state index in [1.54, 1.807) is 11.6 Å². The summed E-state index contributed by atoms with van der Waals surface area (Å²) in [6, 6.07) is -2.02. The monoisotopic (exact) mass is 446 g/mol. The van der Waals surface area contributed by atoms with Crippen LogP contribution in [-0.2, 0) is 24.2 Å². The molecule has 12 heteroatoms. The van der Waals surface area contributed by atoms with Crippen molar-refractivity contribution in [3.05, 3.63) is 11.6 Å². The highest BCUT2D eigenvalue weighted by atomic mass is 32.2. The predicted molar refractivity (Wildman–Crippen MR) is 108 cm³/mol. The molecule has 3 unspecified atom stereocenters. The Kier molecular flexibility index (Phi) is 5.74. The van der Waals surface area contributed by atoms with Crippen molar-refractivity contribution in [3.63, 3.8) is 0 Å². The van der Waals surface area contributed by atoms with Gasteiger partial charge >= 0.3 is 0 Å². The summed E-state index contributed by atoms with van der Waals surface area (Å²) in [4.78, 5) is 42.7. The molecule has 9 nitrogen and oxygen atoms in total. The summed E-state index contributed by atoms with van der Waals surface area (Å²) in [6.45, 7) is 2.90. The number of rotatable bonds is 7. The van der Waals surface area contributed by atoms with Crippen molar-refractivity contribution in [2.24, 2.45) is 0 Å². The van der Waals surface area contributed by atoms with Gasteiger partial charge in [0.2, 0.25) is 17.7 Å². The molecule has 2 aliphatic heterocycles. The van der Waals surface area contributed by atoms with Crippen molar-refractivity contribution in [2.75, 3.05) is 17.3 Å². The van der Waals surface area contributed by atoms with Gasteiger partial charge in [-0.3, -0.25) is 14.4 Å². The Hall–Kier alpha value is -1.66. The third kappa shape index (κ3) is 3.41. The number of thioether (sulfide) groups is 1. The van der Waals surface area contributed by atoms with E-state index in [-0.39, 0.29) is 12.3 Å². The maximum Gasteiger partial charge on any atom is 0.248 e. The molecule has 3 atom stereocenters. The van der Waals surface area contributed by atoms with Crippen molar-refractivity contribution < 1.29 is 22.8 Å². The van der Waals surface area contributed by atoms with Crippen molar-refractivity contribution in [3.8, 4) is 0 Å². The molecule has 3 amide bonds. The lowest BCUT2D eigenvalue weighted by Gasteiger charge is -2.37. The number of nitrogens with zero attached hydrogens (tertiary/aromatic N) is 2. The number of nitrogens with one attached hydrogen (secondary N) is 2. The molecule has 1 aromatic heterocycles. The van der Waals surface area contributed by atoms with Crippen LogP contribution in [0.25, 0.3) is 0 Å². The lowest BCUT2D eigenvalue weighted by atomic mass is 9.97. The first-order chi connectivity index (χ1) is 13.1. The average Bonchev–Trinajstić information content (AvgIpc) is 3.16. The van der Waals surface area contributed by atoms with Gasteiger partial charge in [-0.1, -0.05) is 0 Å². The number of anilines is 1. The van der Waals surface area contributed by atoms with Crippen LogP contribution in [0.15, 0.2) is 11.6 Å². The third-order valence-electron chi connectivity index (χ3n) is 5.13. The van der Waals surface area contributed by atoms with E-state index in [0.29, 0.717) is 17.3 Å². The fourth-order valence-corrected chi connectivity index (χ4v) is 6.62. The van der Waals surface area contributed by atoms with Crippen molar-refractivity contribution in [1.29, 1.82) is 0 Å². The Morgan fingerprint density at radius 2 is 2.18 bits per heavy atom. The molecule has 28 heavy (non-hydrogen) atoms. The third-order valence-corrected chi connectivity index (χ3v) is 9.26. The van der Waals surface area contributed by atoms with E-state index in [2.05, 4.69) is 15.6 Å². The molecule has 0 aliphatic carbocycles. The highest BCUT2D eigenvalue weighted by molar-refractivity contribution is 7.98. The molecule has 2 aliphatic rings. The zero-order valence-corrected chi connectivity index (χ0v) is 18.1. The minimum atomic E-state index is -3.68. The molecule has 0 radical (unpaired) electrons. The Morgan fingerprint density at radius 3 is 2.75 bits per heavy atom. The number of hydrogen-bond donors (Lipinski definition) is 2. The van der Waals surface area contributed by atoms with Gasteiger partial charge < -0.3 is 15.5 Å². The van der Waals surface area contributed by atoms with Crippen molar-refractivity contribution in [2.45, 2.75) is 48.9 Å². The zero-order chi connectivity index (χ0) is 20.7. The number of thiazole rings is 1. The molecule has 0 saturated carbocycles. The topological polar surface area (TPSA) is 126 Å². The van der Waals surface area contributed by atoms with E-state index in [4.69, 9.17) is 0 Å². The Bertz CT molecular complexity index is 884. The summed E-state index contributed by atoms with van der Waals surface area (Å²) >= 11 is 2.78. The van der Waals surface area contributed by atoms with Gasteiger partial charge in [0.15, 0.2) is 15.0 Å². The number of aromatic nitrogens is 1. The summed E-state index contributed by atoms with van der Waals surface area (Å²) in [7, 11) is -3.68. The summed E-state index contributed by atoms with van der Waals surface area (Å²) < 4.78 is 23.9. The SMILES string of the molecule is CSCCC(NC(=O)C1N2C(=O)CC2S(=O)(=O)C1(C)C)C(=O)Nc1nccs1. The molecule has 154 valence electrons. The minimum absolute atomic E-state index is 0.101. The van der Waals surface area contributed by atoms with Gasteiger partial charge in [0.05, 0.1) is 11.2 Å². The van der Waals surface area contributed by atoms with E-state index < -0.39 is 43.9 Å². The van der Waals surface area contributed by atoms with Crippen LogP contribution >= 0.6 is 23.1 Å². The van der Waals surface area contributed by atoms with Gasteiger partial charge in [0, 0.05) is 11.6 Å². The predicted octanol–water partition coefficient (Wildman–Crippen LogP) is 0.453. The molecule has 2 saturated heterocycles. The molecular weight excluding hydrogens is 424 g/mol. The standard InChI is InChI=1S/C16H22N4O5S3/c1-16(2)12(20-10(21)8-11(20)28(16,24)25)14(23)18-9(4-6-26-3)13(22)19-15-17-5-7-27-15/h5,7,9,11-12H,4,6,8H2,1-3H3,(H,18,23)(H,17,19,22). The van der Waals surface area contributed by atoms with Crippen LogP contribution in [0.5, 0.6) is 0 Å². The number of fused-ring (bicyclic) bond motifs is 1. The van der Waals surface area contributed by atoms with Crippen molar-refractivity contribution >= 4 is 55.8 Å². The quantitative estimate of drug-likeness (QED) is 0.583. The lowest BCUT2D eigenvalue weighted by Crippen LogP contribution is -2.61. The molecule has 0 bridgehead atoms. The second-order valence-corrected chi connectivity index (χ2v) is 11.7. The number of carbonyl (C=O) groups excluding carboxylic acids is 3. The molecule has 3 rings (SSSR count). The maximum atomic E-state index is 13.0. The first kappa shape index (κ1) is 21.1. The Morgan fingerprint density at radius 1 is 1.46 bits per heavy atom. The smallest absolute Gasteiger partial charge is 0.248 e. The van der Waals surface area contributed by atoms with Gasteiger partial charge in [0.25, 0.3) is 0 Å². The van der Waals surface area contributed by atoms with Crippen LogP contribution < -0.4 is 10.6 Å². The fourth-order valence-electron chi connectivity index (χ4n) is 3.49. The largest absolute Gasteiger partial charge is 0.342 e. The number of β-lactam (4-membered cyclic amide) rings is 1. The second kappa shape index (κ2) is 7.64. The Balaban J connectivity index is 1.79. The molecule has 1 aromatic rings. The Labute approximate surface area is 171 Å². The first-order valence-corrected chi connectivity index (χ1v) is 12.5. The minimum Gasteiger partial charge on any atom is -0.342 e. The van der Waals surface area contributed by atoms with Crippen LogP contribution in [0.2, 0.25) is 0 Å². The van der Waals surface area contributed by atoms with Crippen LogP contribution in [0.4, 0.5) is 5.13 Å². The summed E-state index contributed by atoms with van der Waals surface area (Å²) in [6.07, 6.45) is 3.70. The summed E-state index contributed by atoms with van der Waals surface area (Å²) in [5.74, 6) is -0.812. The van der Waals surface area contributed by atoms with E-state index in [0.717, 1.165) is 4.90 Å². The van der Waals surface area contributed by atoms with Gasteiger partial charge in [0.1, 0.15) is 17.5 Å². The first-order valence-electron chi connectivity index (χ1n) is 8.65. The highest BCUT2D eigenvalue weighted by Gasteiger charge is 2.67. The van der Waals surface area contributed by atoms with Crippen LogP contribution in [0.1, 0.15) is 26.7 Å². The second-order valence-electron chi connectivity index (χ2n) is 7.18.